The van der Waals surface area contributed by atoms with Gasteiger partial charge in [0, 0.05) is 18.8 Å². The lowest BCUT2D eigenvalue weighted by Gasteiger charge is -2.19. The van der Waals surface area contributed by atoms with Crippen LogP contribution in [-0.2, 0) is 25.9 Å². The van der Waals surface area contributed by atoms with Crippen LogP contribution in [0.4, 0.5) is 5.82 Å². The molecule has 0 saturated carbocycles. The first-order valence-corrected chi connectivity index (χ1v) is 9.79. The summed E-state index contributed by atoms with van der Waals surface area (Å²) in [7, 11) is 0. The Morgan fingerprint density at radius 1 is 1.04 bits per heavy atom. The first-order chi connectivity index (χ1) is 12.8. The first-order valence-electron chi connectivity index (χ1n) is 9.79. The summed E-state index contributed by atoms with van der Waals surface area (Å²) < 4.78 is 0. The molecule has 0 bridgehead atoms. The van der Waals surface area contributed by atoms with E-state index in [4.69, 9.17) is 4.98 Å². The molecule has 1 aromatic carbocycles. The van der Waals surface area contributed by atoms with Crippen LogP contribution in [-0.4, -0.2) is 23.0 Å². The van der Waals surface area contributed by atoms with E-state index < -0.39 is 0 Å². The highest BCUT2D eigenvalue weighted by Gasteiger charge is 2.16. The summed E-state index contributed by atoms with van der Waals surface area (Å²) in [6.07, 6.45) is 7.10. The highest BCUT2D eigenvalue weighted by Crippen LogP contribution is 2.25. The fourth-order valence-electron chi connectivity index (χ4n) is 4.10. The van der Waals surface area contributed by atoms with Crippen molar-refractivity contribution in [2.75, 3.05) is 18.4 Å². The monoisotopic (exact) mass is 346 g/mol. The topological polar surface area (TPSA) is 52.0 Å². The summed E-state index contributed by atoms with van der Waals surface area (Å²) in [6.45, 7) is 4.13. The molecule has 1 aromatic heterocycles. The van der Waals surface area contributed by atoms with Crippen LogP contribution >= 0.6 is 0 Å². The van der Waals surface area contributed by atoms with Crippen LogP contribution in [0, 0.1) is 11.3 Å². The highest BCUT2D eigenvalue weighted by atomic mass is 15.1. The molecule has 0 radical (unpaired) electrons. The van der Waals surface area contributed by atoms with Crippen LogP contribution in [0.1, 0.15) is 53.6 Å². The Balaban J connectivity index is 1.51. The second-order valence-electron chi connectivity index (χ2n) is 7.41. The molecule has 1 aliphatic carbocycles. The van der Waals surface area contributed by atoms with Crippen LogP contribution in [0.3, 0.4) is 0 Å². The molecule has 0 atom stereocenters. The van der Waals surface area contributed by atoms with Crippen LogP contribution in [0.25, 0.3) is 0 Å². The summed E-state index contributed by atoms with van der Waals surface area (Å²) in [6, 6.07) is 13.0. The van der Waals surface area contributed by atoms with Gasteiger partial charge in [-0.1, -0.05) is 24.3 Å². The number of rotatable bonds is 5. The van der Waals surface area contributed by atoms with Gasteiger partial charge in [0.25, 0.3) is 0 Å². The second-order valence-corrected chi connectivity index (χ2v) is 7.41. The molecule has 2 heterocycles. The van der Waals surface area contributed by atoms with Gasteiger partial charge in [0.15, 0.2) is 0 Å². The summed E-state index contributed by atoms with van der Waals surface area (Å²) in [5, 5.41) is 13.0. The third kappa shape index (κ3) is 3.73. The van der Waals surface area contributed by atoms with E-state index in [0.717, 1.165) is 25.2 Å². The lowest BCUT2D eigenvalue weighted by Crippen LogP contribution is -2.20. The number of pyridine rings is 1. The Bertz CT molecular complexity index is 815. The Hall–Kier alpha value is -2.38. The van der Waals surface area contributed by atoms with Gasteiger partial charge in [-0.25, -0.2) is 4.98 Å². The van der Waals surface area contributed by atoms with E-state index in [-0.39, 0.29) is 0 Å². The average Bonchev–Trinajstić information content (AvgIpc) is 3.19. The highest BCUT2D eigenvalue weighted by molar-refractivity contribution is 5.55. The molecule has 0 unspecified atom stereocenters. The van der Waals surface area contributed by atoms with Crippen LogP contribution < -0.4 is 5.32 Å². The zero-order chi connectivity index (χ0) is 17.8. The first kappa shape index (κ1) is 17.1. The smallest absolute Gasteiger partial charge is 0.144 e. The largest absolute Gasteiger partial charge is 0.365 e. The molecular weight excluding hydrogens is 320 g/mol. The van der Waals surface area contributed by atoms with Crippen molar-refractivity contribution < 1.29 is 0 Å². The van der Waals surface area contributed by atoms with E-state index in [9.17, 15) is 5.26 Å². The molecule has 4 rings (SSSR count). The number of benzene rings is 1. The van der Waals surface area contributed by atoms with Gasteiger partial charge < -0.3 is 5.32 Å². The molecule has 4 heteroatoms. The van der Waals surface area contributed by atoms with E-state index in [2.05, 4.69) is 40.6 Å². The molecule has 134 valence electrons. The van der Waals surface area contributed by atoms with Gasteiger partial charge >= 0.3 is 0 Å². The van der Waals surface area contributed by atoms with Crippen molar-refractivity contribution in [1.82, 2.24) is 9.88 Å². The number of aryl methyl sites for hydroxylation is 2. The maximum Gasteiger partial charge on any atom is 0.144 e. The Labute approximate surface area is 155 Å². The molecular formula is C22H26N4. The number of nitriles is 1. The minimum absolute atomic E-state index is 0.669. The third-order valence-corrected chi connectivity index (χ3v) is 5.58. The maximum absolute atomic E-state index is 9.52. The Morgan fingerprint density at radius 2 is 1.81 bits per heavy atom. The van der Waals surface area contributed by atoms with Gasteiger partial charge in [-0.05, 0) is 74.4 Å². The van der Waals surface area contributed by atoms with Gasteiger partial charge in [-0.3, -0.25) is 4.90 Å². The van der Waals surface area contributed by atoms with Crippen LogP contribution in [0.5, 0.6) is 0 Å². The minimum Gasteiger partial charge on any atom is -0.365 e. The van der Waals surface area contributed by atoms with Crippen molar-refractivity contribution in [2.24, 2.45) is 0 Å². The number of nitrogens with zero attached hydrogens (tertiary/aromatic N) is 3. The van der Waals surface area contributed by atoms with Crippen molar-refractivity contribution >= 4 is 5.82 Å². The molecule has 1 N–H and O–H groups in total. The predicted octanol–water partition coefficient (Wildman–Crippen LogP) is 4.04. The zero-order valence-corrected chi connectivity index (χ0v) is 15.3. The number of likely N-dealkylation sites (tertiary alicyclic amines) is 1. The number of anilines is 1. The quantitative estimate of drug-likeness (QED) is 0.888. The summed E-state index contributed by atoms with van der Waals surface area (Å²) in [5.74, 6) is 0.740. The van der Waals surface area contributed by atoms with Crippen LogP contribution in [0.15, 0.2) is 30.3 Å². The lowest BCUT2D eigenvalue weighted by atomic mass is 9.95. The summed E-state index contributed by atoms with van der Waals surface area (Å²) >= 11 is 0. The van der Waals surface area contributed by atoms with Crippen molar-refractivity contribution in [3.63, 3.8) is 0 Å². The molecule has 26 heavy (non-hydrogen) atoms. The minimum atomic E-state index is 0.669. The Kier molecular flexibility index (Phi) is 5.17. The fraction of sp³-hybridized carbons (Fsp3) is 0.455. The normalized spacial score (nSPS) is 16.9. The number of nitrogens with one attached hydrogen (secondary N) is 1. The zero-order valence-electron chi connectivity index (χ0n) is 15.3. The summed E-state index contributed by atoms with van der Waals surface area (Å²) in [4.78, 5) is 7.31. The van der Waals surface area contributed by atoms with Crippen molar-refractivity contribution in [3.05, 3.63) is 58.3 Å². The van der Waals surface area contributed by atoms with Crippen molar-refractivity contribution in [2.45, 2.75) is 51.6 Å². The SMILES string of the molecule is N#Cc1cc2c(nc1NCc1ccccc1CN1CCCC1)CCCC2. The maximum atomic E-state index is 9.52. The summed E-state index contributed by atoms with van der Waals surface area (Å²) in [5.41, 5.74) is 5.76. The van der Waals surface area contributed by atoms with E-state index >= 15 is 0 Å². The van der Waals surface area contributed by atoms with Gasteiger partial charge in [-0.15, -0.1) is 0 Å². The lowest BCUT2D eigenvalue weighted by molar-refractivity contribution is 0.330. The van der Waals surface area contributed by atoms with E-state index in [1.54, 1.807) is 0 Å². The number of aromatic nitrogens is 1. The standard InChI is InChI=1S/C22H26N4/c23-14-20-13-17-7-3-4-10-21(17)25-22(20)24-15-18-8-1-2-9-19(18)16-26-11-5-6-12-26/h1-2,8-9,13H,3-7,10-12,15-16H2,(H,24,25). The van der Waals surface area contributed by atoms with Gasteiger partial charge in [-0.2, -0.15) is 5.26 Å². The molecule has 2 aromatic rings. The molecule has 1 aliphatic heterocycles. The number of fused-ring (bicyclic) bond motifs is 1. The van der Waals surface area contributed by atoms with E-state index in [1.807, 2.05) is 6.07 Å². The van der Waals surface area contributed by atoms with Crippen LogP contribution in [0.2, 0.25) is 0 Å². The second kappa shape index (κ2) is 7.88. The molecule has 4 nitrogen and oxygen atoms in total. The van der Waals surface area contributed by atoms with Gasteiger partial charge in [0.05, 0.1) is 5.56 Å². The number of hydrogen-bond acceptors (Lipinski definition) is 4. The van der Waals surface area contributed by atoms with Crippen molar-refractivity contribution in [3.8, 4) is 6.07 Å². The average molecular weight is 346 g/mol. The molecule has 1 saturated heterocycles. The number of hydrogen-bond donors (Lipinski definition) is 1. The van der Waals surface area contributed by atoms with E-state index in [0.29, 0.717) is 12.1 Å². The predicted molar refractivity (Wildman–Crippen MR) is 104 cm³/mol. The Morgan fingerprint density at radius 3 is 2.62 bits per heavy atom. The third-order valence-electron chi connectivity index (χ3n) is 5.58. The fourth-order valence-corrected chi connectivity index (χ4v) is 4.10. The molecule has 0 spiro atoms. The van der Waals surface area contributed by atoms with Gasteiger partial charge in [0.1, 0.15) is 11.9 Å². The molecule has 1 fully saturated rings. The molecule has 0 amide bonds. The van der Waals surface area contributed by atoms with Gasteiger partial charge in [0.2, 0.25) is 0 Å². The molecule has 2 aliphatic rings. The van der Waals surface area contributed by atoms with Crippen molar-refractivity contribution in [1.29, 1.82) is 5.26 Å². The van der Waals surface area contributed by atoms with E-state index in [1.165, 1.54) is 61.2 Å².